The summed E-state index contributed by atoms with van der Waals surface area (Å²) in [4.78, 5) is 11.1. The summed E-state index contributed by atoms with van der Waals surface area (Å²) in [5, 5.41) is 0. The molecule has 0 atom stereocenters. The van der Waals surface area contributed by atoms with Crippen molar-refractivity contribution in [2.75, 3.05) is 0 Å². The lowest BCUT2D eigenvalue weighted by Gasteiger charge is -2.04. The summed E-state index contributed by atoms with van der Waals surface area (Å²) < 4.78 is 13.6. The van der Waals surface area contributed by atoms with Gasteiger partial charge < -0.3 is 0 Å². The molecule has 0 N–H and O–H groups in total. The fourth-order valence-corrected chi connectivity index (χ4v) is 1.79. The molecule has 0 saturated heterocycles. The Labute approximate surface area is 106 Å². The predicted octanol–water partition coefficient (Wildman–Crippen LogP) is 3.87. The maximum atomic E-state index is 13.6. The molecule has 0 aliphatic carbocycles. The van der Waals surface area contributed by atoms with E-state index >= 15 is 0 Å². The molecule has 0 fully saturated rings. The summed E-state index contributed by atoms with van der Waals surface area (Å²) in [6.07, 6.45) is 2.39. The number of rotatable bonds is 3. The number of hydrogen-bond acceptors (Lipinski definition) is 1. The van der Waals surface area contributed by atoms with Gasteiger partial charge in [0.25, 0.3) is 0 Å². The van der Waals surface area contributed by atoms with Crippen molar-refractivity contribution in [2.45, 2.75) is 6.92 Å². The normalized spacial score (nSPS) is 11.3. The van der Waals surface area contributed by atoms with Crippen LogP contribution >= 0.6 is 0 Å². The van der Waals surface area contributed by atoms with E-state index in [2.05, 4.69) is 0 Å². The van der Waals surface area contributed by atoms with Crippen molar-refractivity contribution in [1.29, 1.82) is 0 Å². The van der Waals surface area contributed by atoms with Crippen LogP contribution in [-0.4, -0.2) is 6.29 Å². The molecule has 2 rings (SSSR count). The van der Waals surface area contributed by atoms with Gasteiger partial charge in [0, 0.05) is 11.1 Å². The molecule has 0 aromatic heterocycles. The Kier molecular flexibility index (Phi) is 3.68. The van der Waals surface area contributed by atoms with Crippen LogP contribution in [-0.2, 0) is 4.79 Å². The van der Waals surface area contributed by atoms with Crippen LogP contribution in [0.4, 0.5) is 4.39 Å². The Morgan fingerprint density at radius 3 is 2.39 bits per heavy atom. The van der Waals surface area contributed by atoms with E-state index in [-0.39, 0.29) is 5.82 Å². The first-order valence-corrected chi connectivity index (χ1v) is 5.70. The Hall–Kier alpha value is -2.22. The minimum absolute atomic E-state index is 0.329. The molecule has 0 amide bonds. The maximum absolute atomic E-state index is 13.6. The molecule has 2 heteroatoms. The average Bonchev–Trinajstić information content (AvgIpc) is 2.39. The van der Waals surface area contributed by atoms with E-state index in [4.69, 9.17) is 0 Å². The van der Waals surface area contributed by atoms with Crippen LogP contribution in [0.1, 0.15) is 16.7 Å². The third-order valence-electron chi connectivity index (χ3n) is 2.81. The SMILES string of the molecule is Cc1ccccc1/C=C(/C=O)c1ccccc1F. The first-order chi connectivity index (χ1) is 8.72. The van der Waals surface area contributed by atoms with Crippen LogP contribution in [0.2, 0.25) is 0 Å². The second-order valence-electron chi connectivity index (χ2n) is 4.05. The van der Waals surface area contributed by atoms with Gasteiger partial charge in [-0.1, -0.05) is 42.5 Å². The van der Waals surface area contributed by atoms with Crippen molar-refractivity contribution < 1.29 is 9.18 Å². The van der Waals surface area contributed by atoms with E-state index in [0.29, 0.717) is 17.4 Å². The Morgan fingerprint density at radius 1 is 1.06 bits per heavy atom. The molecule has 1 nitrogen and oxygen atoms in total. The molecule has 0 unspecified atom stereocenters. The molecule has 0 radical (unpaired) electrons. The fraction of sp³-hybridized carbons (Fsp3) is 0.0625. The van der Waals surface area contributed by atoms with Gasteiger partial charge in [-0.05, 0) is 30.2 Å². The molecular weight excluding hydrogens is 227 g/mol. The van der Waals surface area contributed by atoms with Crippen LogP contribution in [0.5, 0.6) is 0 Å². The Morgan fingerprint density at radius 2 is 1.72 bits per heavy atom. The highest BCUT2D eigenvalue weighted by Crippen LogP contribution is 2.20. The molecule has 0 aliphatic rings. The van der Waals surface area contributed by atoms with Crippen molar-refractivity contribution in [3.05, 3.63) is 71.0 Å². The summed E-state index contributed by atoms with van der Waals surface area (Å²) in [7, 11) is 0. The first kappa shape index (κ1) is 12.2. The number of aldehydes is 1. The highest BCUT2D eigenvalue weighted by atomic mass is 19.1. The Bertz CT molecular complexity index is 600. The zero-order chi connectivity index (χ0) is 13.0. The average molecular weight is 240 g/mol. The third-order valence-corrected chi connectivity index (χ3v) is 2.81. The van der Waals surface area contributed by atoms with Crippen molar-refractivity contribution in [1.82, 2.24) is 0 Å². The quantitative estimate of drug-likeness (QED) is 0.452. The second kappa shape index (κ2) is 5.41. The summed E-state index contributed by atoms with van der Waals surface area (Å²) in [5.41, 5.74) is 2.65. The minimum atomic E-state index is -0.385. The van der Waals surface area contributed by atoms with Crippen LogP contribution in [0.15, 0.2) is 48.5 Å². The van der Waals surface area contributed by atoms with Gasteiger partial charge in [0.05, 0.1) is 0 Å². The number of carbonyl (C=O) groups excluding carboxylic acids is 1. The van der Waals surface area contributed by atoms with E-state index in [1.54, 1.807) is 24.3 Å². The zero-order valence-electron chi connectivity index (χ0n) is 10.1. The van der Waals surface area contributed by atoms with Gasteiger partial charge >= 0.3 is 0 Å². The molecule has 2 aromatic carbocycles. The summed E-state index contributed by atoms with van der Waals surface area (Å²) in [6.45, 7) is 1.95. The van der Waals surface area contributed by atoms with E-state index in [1.165, 1.54) is 6.07 Å². The van der Waals surface area contributed by atoms with Crippen molar-refractivity contribution >= 4 is 17.9 Å². The monoisotopic (exact) mass is 240 g/mol. The van der Waals surface area contributed by atoms with E-state index in [1.807, 2.05) is 31.2 Å². The molecule has 90 valence electrons. The summed E-state index contributed by atoms with van der Waals surface area (Å²) in [6, 6.07) is 14.0. The number of benzene rings is 2. The van der Waals surface area contributed by atoms with Gasteiger partial charge in [-0.15, -0.1) is 0 Å². The molecule has 0 heterocycles. The molecule has 18 heavy (non-hydrogen) atoms. The summed E-state index contributed by atoms with van der Waals surface area (Å²) >= 11 is 0. The highest BCUT2D eigenvalue weighted by Gasteiger charge is 2.06. The number of hydrogen-bond donors (Lipinski definition) is 0. The maximum Gasteiger partial charge on any atom is 0.150 e. The number of carbonyl (C=O) groups is 1. The predicted molar refractivity (Wildman–Crippen MR) is 71.5 cm³/mol. The minimum Gasteiger partial charge on any atom is -0.298 e. The molecule has 0 aliphatic heterocycles. The van der Waals surface area contributed by atoms with Gasteiger partial charge in [-0.3, -0.25) is 4.79 Å². The Balaban J connectivity index is 2.50. The lowest BCUT2D eigenvalue weighted by atomic mass is 10.0. The number of allylic oxidation sites excluding steroid dienone is 1. The van der Waals surface area contributed by atoms with Crippen LogP contribution in [0, 0.1) is 12.7 Å². The highest BCUT2D eigenvalue weighted by molar-refractivity contribution is 6.13. The third kappa shape index (κ3) is 2.54. The van der Waals surface area contributed by atoms with Crippen molar-refractivity contribution in [3.63, 3.8) is 0 Å². The lowest BCUT2D eigenvalue weighted by molar-refractivity contribution is -0.103. The van der Waals surface area contributed by atoms with Crippen molar-refractivity contribution in [2.24, 2.45) is 0 Å². The van der Waals surface area contributed by atoms with Crippen LogP contribution < -0.4 is 0 Å². The fourth-order valence-electron chi connectivity index (χ4n) is 1.79. The molecule has 0 bridgehead atoms. The van der Waals surface area contributed by atoms with Crippen LogP contribution in [0.3, 0.4) is 0 Å². The second-order valence-corrected chi connectivity index (χ2v) is 4.05. The lowest BCUT2D eigenvalue weighted by Crippen LogP contribution is -1.91. The van der Waals surface area contributed by atoms with Gasteiger partial charge in [-0.25, -0.2) is 4.39 Å². The smallest absolute Gasteiger partial charge is 0.150 e. The molecule has 0 spiro atoms. The van der Waals surface area contributed by atoms with Gasteiger partial charge in [0.2, 0.25) is 0 Å². The van der Waals surface area contributed by atoms with Crippen molar-refractivity contribution in [3.8, 4) is 0 Å². The van der Waals surface area contributed by atoms with Gasteiger partial charge in [-0.2, -0.15) is 0 Å². The van der Waals surface area contributed by atoms with E-state index < -0.39 is 0 Å². The van der Waals surface area contributed by atoms with E-state index in [0.717, 1.165) is 11.1 Å². The summed E-state index contributed by atoms with van der Waals surface area (Å²) in [5.74, 6) is -0.385. The van der Waals surface area contributed by atoms with Gasteiger partial charge in [0.15, 0.2) is 6.29 Å². The topological polar surface area (TPSA) is 17.1 Å². The van der Waals surface area contributed by atoms with E-state index in [9.17, 15) is 9.18 Å². The van der Waals surface area contributed by atoms with Crippen LogP contribution in [0.25, 0.3) is 11.6 Å². The molecular formula is C16H13FO. The zero-order valence-corrected chi connectivity index (χ0v) is 10.1. The molecule has 2 aromatic rings. The largest absolute Gasteiger partial charge is 0.298 e. The first-order valence-electron chi connectivity index (χ1n) is 5.70. The standard InChI is InChI=1S/C16H13FO/c1-12-6-2-3-7-13(12)10-14(11-18)15-8-4-5-9-16(15)17/h2-11H,1H3/b14-10-. The van der Waals surface area contributed by atoms with Gasteiger partial charge in [0.1, 0.15) is 5.82 Å². The number of aryl methyl sites for hydroxylation is 1. The molecule has 0 saturated carbocycles. The number of halogens is 1.